The van der Waals surface area contributed by atoms with Crippen LogP contribution in [0.15, 0.2) is 23.3 Å². The van der Waals surface area contributed by atoms with Crippen molar-refractivity contribution in [2.75, 3.05) is 6.54 Å². The zero-order valence-electron chi connectivity index (χ0n) is 8.76. The Labute approximate surface area is 96.6 Å². The smallest absolute Gasteiger partial charge is 0.150 e. The van der Waals surface area contributed by atoms with Crippen LogP contribution in [0.2, 0.25) is 0 Å². The fourth-order valence-corrected chi connectivity index (χ4v) is 1.36. The molecule has 1 aromatic carbocycles. The SMILES string of the molecule is [N-]=[N+]=NCC(O)C(O)c1ccc(O)cc1C=O. The summed E-state index contributed by atoms with van der Waals surface area (Å²) in [6.07, 6.45) is -2.21. The molecule has 0 bridgehead atoms. The number of hydrogen-bond acceptors (Lipinski definition) is 5. The van der Waals surface area contributed by atoms with Gasteiger partial charge in [0.1, 0.15) is 11.9 Å². The van der Waals surface area contributed by atoms with E-state index in [1.165, 1.54) is 18.2 Å². The fraction of sp³-hybridized carbons (Fsp3) is 0.300. The van der Waals surface area contributed by atoms with Crippen molar-refractivity contribution < 1.29 is 20.1 Å². The highest BCUT2D eigenvalue weighted by Crippen LogP contribution is 2.23. The molecule has 0 saturated carbocycles. The Balaban J connectivity index is 2.98. The number of benzene rings is 1. The monoisotopic (exact) mass is 237 g/mol. The number of rotatable bonds is 5. The maximum atomic E-state index is 10.7. The van der Waals surface area contributed by atoms with Crippen LogP contribution < -0.4 is 0 Å². The lowest BCUT2D eigenvalue weighted by molar-refractivity contribution is 0.0240. The van der Waals surface area contributed by atoms with E-state index in [1.807, 2.05) is 0 Å². The van der Waals surface area contributed by atoms with E-state index in [9.17, 15) is 15.0 Å². The summed E-state index contributed by atoms with van der Waals surface area (Å²) in [5, 5.41) is 31.5. The lowest BCUT2D eigenvalue weighted by atomic mass is 9.99. The Morgan fingerprint density at radius 1 is 1.47 bits per heavy atom. The number of aliphatic hydroxyl groups excluding tert-OH is 2. The summed E-state index contributed by atoms with van der Waals surface area (Å²) in [7, 11) is 0. The van der Waals surface area contributed by atoms with Gasteiger partial charge >= 0.3 is 0 Å². The molecular formula is C10H11N3O4. The van der Waals surface area contributed by atoms with Gasteiger partial charge < -0.3 is 15.3 Å². The summed E-state index contributed by atoms with van der Waals surface area (Å²) in [4.78, 5) is 13.2. The number of hydrogen-bond donors (Lipinski definition) is 3. The first kappa shape index (κ1) is 13.0. The maximum absolute atomic E-state index is 10.7. The van der Waals surface area contributed by atoms with Crippen LogP contribution in [0.3, 0.4) is 0 Å². The van der Waals surface area contributed by atoms with E-state index in [1.54, 1.807) is 0 Å². The molecule has 1 aromatic rings. The highest BCUT2D eigenvalue weighted by Gasteiger charge is 2.20. The Hall–Kier alpha value is -2.08. The highest BCUT2D eigenvalue weighted by molar-refractivity contribution is 5.78. The number of nitrogens with zero attached hydrogens (tertiary/aromatic N) is 3. The minimum atomic E-state index is -1.36. The molecule has 0 spiro atoms. The number of aromatic hydroxyl groups is 1. The molecule has 0 aliphatic carbocycles. The number of aliphatic hydroxyl groups is 2. The summed E-state index contributed by atoms with van der Waals surface area (Å²) in [5.74, 6) is -0.118. The molecule has 7 heteroatoms. The Morgan fingerprint density at radius 2 is 2.18 bits per heavy atom. The first-order chi connectivity index (χ1) is 8.10. The largest absolute Gasteiger partial charge is 0.508 e. The average molecular weight is 237 g/mol. The van der Waals surface area contributed by atoms with Crippen LogP contribution in [-0.2, 0) is 0 Å². The van der Waals surface area contributed by atoms with Crippen molar-refractivity contribution in [2.45, 2.75) is 12.2 Å². The van der Waals surface area contributed by atoms with Gasteiger partial charge in [0.25, 0.3) is 0 Å². The first-order valence-corrected chi connectivity index (χ1v) is 4.75. The summed E-state index contributed by atoms with van der Waals surface area (Å²) in [6.45, 7) is -0.309. The zero-order chi connectivity index (χ0) is 12.8. The number of azide groups is 1. The van der Waals surface area contributed by atoms with Crippen LogP contribution >= 0.6 is 0 Å². The zero-order valence-corrected chi connectivity index (χ0v) is 8.76. The van der Waals surface area contributed by atoms with Crippen molar-refractivity contribution in [3.05, 3.63) is 39.8 Å². The van der Waals surface area contributed by atoms with Crippen LogP contribution in [0.25, 0.3) is 10.4 Å². The molecule has 0 fully saturated rings. The molecule has 2 atom stereocenters. The fourth-order valence-electron chi connectivity index (χ4n) is 1.36. The van der Waals surface area contributed by atoms with Gasteiger partial charge in [0.2, 0.25) is 0 Å². The van der Waals surface area contributed by atoms with Crippen molar-refractivity contribution in [1.29, 1.82) is 0 Å². The Morgan fingerprint density at radius 3 is 2.76 bits per heavy atom. The van der Waals surface area contributed by atoms with Crippen LogP contribution in [0.5, 0.6) is 5.75 Å². The van der Waals surface area contributed by atoms with Crippen LogP contribution in [-0.4, -0.2) is 34.3 Å². The van der Waals surface area contributed by atoms with Gasteiger partial charge in [-0.1, -0.05) is 11.2 Å². The van der Waals surface area contributed by atoms with E-state index in [4.69, 9.17) is 10.6 Å². The summed E-state index contributed by atoms with van der Waals surface area (Å²) in [6, 6.07) is 3.78. The molecule has 0 aromatic heterocycles. The third kappa shape index (κ3) is 3.18. The molecule has 0 amide bonds. The molecule has 2 unspecified atom stereocenters. The number of carbonyl (C=O) groups is 1. The van der Waals surface area contributed by atoms with Gasteiger partial charge in [-0.3, -0.25) is 4.79 Å². The van der Waals surface area contributed by atoms with E-state index in [-0.39, 0.29) is 23.4 Å². The normalized spacial score (nSPS) is 13.5. The van der Waals surface area contributed by atoms with Gasteiger partial charge in [-0.25, -0.2) is 0 Å². The number of phenolic OH excluding ortho intramolecular Hbond substituents is 1. The molecule has 0 radical (unpaired) electrons. The van der Waals surface area contributed by atoms with Gasteiger partial charge in [-0.2, -0.15) is 0 Å². The van der Waals surface area contributed by atoms with E-state index < -0.39 is 12.2 Å². The highest BCUT2D eigenvalue weighted by atomic mass is 16.3. The summed E-state index contributed by atoms with van der Waals surface area (Å²) in [5.41, 5.74) is 8.31. The third-order valence-electron chi connectivity index (χ3n) is 2.21. The molecule has 17 heavy (non-hydrogen) atoms. The van der Waals surface area contributed by atoms with Gasteiger partial charge in [-0.05, 0) is 23.2 Å². The quantitative estimate of drug-likeness (QED) is 0.304. The molecule has 3 N–H and O–H groups in total. The molecule has 0 heterocycles. The topological polar surface area (TPSA) is 127 Å². The lowest BCUT2D eigenvalue weighted by Gasteiger charge is -2.17. The third-order valence-corrected chi connectivity index (χ3v) is 2.21. The summed E-state index contributed by atoms with van der Waals surface area (Å²) < 4.78 is 0. The number of aldehydes is 1. The molecule has 90 valence electrons. The first-order valence-electron chi connectivity index (χ1n) is 4.75. The van der Waals surface area contributed by atoms with E-state index in [2.05, 4.69) is 10.0 Å². The molecule has 7 nitrogen and oxygen atoms in total. The molecule has 0 aliphatic rings. The van der Waals surface area contributed by atoms with Crippen molar-refractivity contribution >= 4 is 6.29 Å². The van der Waals surface area contributed by atoms with Gasteiger partial charge in [0.15, 0.2) is 6.29 Å². The van der Waals surface area contributed by atoms with Gasteiger partial charge in [-0.15, -0.1) is 0 Å². The van der Waals surface area contributed by atoms with Crippen LogP contribution in [0, 0.1) is 0 Å². The second-order valence-electron chi connectivity index (χ2n) is 3.36. The van der Waals surface area contributed by atoms with Crippen LogP contribution in [0.4, 0.5) is 0 Å². The maximum Gasteiger partial charge on any atom is 0.150 e. The second-order valence-corrected chi connectivity index (χ2v) is 3.36. The summed E-state index contributed by atoms with van der Waals surface area (Å²) >= 11 is 0. The second kappa shape index (κ2) is 5.86. The standard InChI is InChI=1S/C10H11N3O4/c11-13-12-4-9(16)10(17)8-2-1-7(15)3-6(8)5-14/h1-3,5,9-10,15-17H,4H2. The van der Waals surface area contributed by atoms with Crippen molar-refractivity contribution in [3.8, 4) is 5.75 Å². The van der Waals surface area contributed by atoms with E-state index in [0.29, 0.717) is 6.29 Å². The van der Waals surface area contributed by atoms with Crippen LogP contribution in [0.1, 0.15) is 22.0 Å². The average Bonchev–Trinajstić information content (AvgIpc) is 2.34. The Bertz CT molecular complexity index is 457. The van der Waals surface area contributed by atoms with E-state index in [0.717, 1.165) is 0 Å². The minimum absolute atomic E-state index is 0.0671. The molecule has 0 saturated heterocycles. The van der Waals surface area contributed by atoms with Crippen molar-refractivity contribution in [2.24, 2.45) is 5.11 Å². The molecule has 0 aliphatic heterocycles. The molecular weight excluding hydrogens is 226 g/mol. The van der Waals surface area contributed by atoms with E-state index >= 15 is 0 Å². The lowest BCUT2D eigenvalue weighted by Crippen LogP contribution is -2.22. The van der Waals surface area contributed by atoms with Crippen molar-refractivity contribution in [3.63, 3.8) is 0 Å². The molecule has 1 rings (SSSR count). The number of phenols is 1. The Kier molecular flexibility index (Phi) is 4.47. The van der Waals surface area contributed by atoms with Gasteiger partial charge in [0.05, 0.1) is 12.6 Å². The van der Waals surface area contributed by atoms with Crippen molar-refractivity contribution in [1.82, 2.24) is 0 Å². The number of carbonyl (C=O) groups excluding carboxylic acids is 1. The van der Waals surface area contributed by atoms with Gasteiger partial charge in [0, 0.05) is 10.5 Å². The minimum Gasteiger partial charge on any atom is -0.508 e. The predicted octanol–water partition coefficient (Wildman–Crippen LogP) is 0.909. The predicted molar refractivity (Wildman–Crippen MR) is 58.5 cm³/mol.